The van der Waals surface area contributed by atoms with Crippen molar-refractivity contribution in [3.63, 3.8) is 0 Å². The summed E-state index contributed by atoms with van der Waals surface area (Å²) in [6.45, 7) is 3.89. The van der Waals surface area contributed by atoms with E-state index >= 15 is 0 Å². The van der Waals surface area contributed by atoms with Crippen molar-refractivity contribution < 1.29 is 8.42 Å². The SMILES string of the molecule is CCc1ccc(S(=O)(=O)NCCc2nc(C)cc(=O)[nH]2)s1. The average Bonchev–Trinajstić information content (AvgIpc) is 2.86. The molecule has 0 aromatic carbocycles. The van der Waals surface area contributed by atoms with E-state index in [9.17, 15) is 13.2 Å². The van der Waals surface area contributed by atoms with Gasteiger partial charge in [0, 0.05) is 29.6 Å². The van der Waals surface area contributed by atoms with Crippen molar-refractivity contribution in [1.82, 2.24) is 14.7 Å². The Kier molecular flexibility index (Phi) is 4.92. The predicted octanol–water partition coefficient (Wildman–Crippen LogP) is 1.22. The highest BCUT2D eigenvalue weighted by Crippen LogP contribution is 2.21. The molecule has 0 aliphatic rings. The quantitative estimate of drug-likeness (QED) is 0.834. The highest BCUT2D eigenvalue weighted by molar-refractivity contribution is 7.91. The molecule has 2 aromatic heterocycles. The van der Waals surface area contributed by atoms with Crippen LogP contribution in [0.4, 0.5) is 0 Å². The van der Waals surface area contributed by atoms with E-state index in [1.807, 2.05) is 13.0 Å². The van der Waals surface area contributed by atoms with Crippen molar-refractivity contribution in [3.8, 4) is 0 Å². The first-order valence-corrected chi connectivity index (χ1v) is 8.86. The van der Waals surface area contributed by atoms with E-state index in [0.717, 1.165) is 11.3 Å². The Labute approximate surface area is 127 Å². The number of H-pyrrole nitrogens is 1. The lowest BCUT2D eigenvalue weighted by Gasteiger charge is -2.05. The lowest BCUT2D eigenvalue weighted by Crippen LogP contribution is -2.26. The molecule has 0 spiro atoms. The van der Waals surface area contributed by atoms with Crippen LogP contribution in [0.2, 0.25) is 0 Å². The van der Waals surface area contributed by atoms with Gasteiger partial charge >= 0.3 is 0 Å². The Morgan fingerprint density at radius 2 is 2.14 bits per heavy atom. The summed E-state index contributed by atoms with van der Waals surface area (Å²) in [4.78, 5) is 19.1. The van der Waals surface area contributed by atoms with Crippen molar-refractivity contribution in [3.05, 3.63) is 44.9 Å². The van der Waals surface area contributed by atoms with Crippen LogP contribution in [-0.4, -0.2) is 24.9 Å². The number of aromatic amines is 1. The molecular formula is C13H17N3O3S2. The molecule has 0 aliphatic carbocycles. The first-order valence-electron chi connectivity index (χ1n) is 6.56. The fourth-order valence-electron chi connectivity index (χ4n) is 1.83. The third-order valence-electron chi connectivity index (χ3n) is 2.82. The minimum Gasteiger partial charge on any atom is -0.311 e. The van der Waals surface area contributed by atoms with Crippen LogP contribution in [0.5, 0.6) is 0 Å². The Hall–Kier alpha value is -1.51. The van der Waals surface area contributed by atoms with Gasteiger partial charge in [-0.3, -0.25) is 4.79 Å². The zero-order chi connectivity index (χ0) is 15.5. The molecule has 0 saturated carbocycles. The normalized spacial score (nSPS) is 11.7. The molecule has 0 unspecified atom stereocenters. The van der Waals surface area contributed by atoms with Crippen LogP contribution in [0, 0.1) is 6.92 Å². The third kappa shape index (κ3) is 4.23. The second-order valence-corrected chi connectivity index (χ2v) is 7.72. The molecule has 114 valence electrons. The van der Waals surface area contributed by atoms with E-state index in [4.69, 9.17) is 0 Å². The fraction of sp³-hybridized carbons (Fsp3) is 0.385. The number of nitrogens with one attached hydrogen (secondary N) is 2. The topological polar surface area (TPSA) is 91.9 Å². The van der Waals surface area contributed by atoms with Gasteiger partial charge in [-0.2, -0.15) is 0 Å². The van der Waals surface area contributed by atoms with Crippen molar-refractivity contribution in [2.45, 2.75) is 30.9 Å². The van der Waals surface area contributed by atoms with Gasteiger partial charge in [0.1, 0.15) is 10.0 Å². The van der Waals surface area contributed by atoms with Crippen LogP contribution in [0.15, 0.2) is 27.2 Å². The maximum absolute atomic E-state index is 12.1. The Morgan fingerprint density at radius 1 is 1.38 bits per heavy atom. The fourth-order valence-corrected chi connectivity index (χ4v) is 4.20. The van der Waals surface area contributed by atoms with E-state index in [1.165, 1.54) is 17.4 Å². The molecule has 0 atom stereocenters. The molecule has 2 rings (SSSR count). The average molecular weight is 327 g/mol. The maximum Gasteiger partial charge on any atom is 0.251 e. The zero-order valence-corrected chi connectivity index (χ0v) is 13.5. The summed E-state index contributed by atoms with van der Waals surface area (Å²) in [5.74, 6) is 0.475. The van der Waals surface area contributed by atoms with Gasteiger partial charge in [-0.25, -0.2) is 18.1 Å². The lowest BCUT2D eigenvalue weighted by molar-refractivity contribution is 0.583. The molecule has 0 aliphatic heterocycles. The number of sulfonamides is 1. The number of thiophene rings is 1. The number of hydrogen-bond donors (Lipinski definition) is 2. The number of aromatic nitrogens is 2. The van der Waals surface area contributed by atoms with Gasteiger partial charge in [0.25, 0.3) is 5.56 Å². The van der Waals surface area contributed by atoms with E-state index in [1.54, 1.807) is 13.0 Å². The van der Waals surface area contributed by atoms with Crippen LogP contribution >= 0.6 is 11.3 Å². The van der Waals surface area contributed by atoms with Gasteiger partial charge < -0.3 is 4.98 Å². The van der Waals surface area contributed by atoms with E-state index in [0.29, 0.717) is 22.1 Å². The molecule has 2 heterocycles. The van der Waals surface area contributed by atoms with Crippen molar-refractivity contribution in [2.75, 3.05) is 6.54 Å². The molecule has 0 bridgehead atoms. The standard InChI is InChI=1S/C13H17N3O3S2/c1-3-10-4-5-13(20-10)21(18,19)14-7-6-11-15-9(2)8-12(17)16-11/h4-5,8,14H,3,6-7H2,1-2H3,(H,15,16,17). The lowest BCUT2D eigenvalue weighted by atomic mass is 10.3. The summed E-state index contributed by atoms with van der Waals surface area (Å²) in [6.07, 6.45) is 1.15. The molecule has 0 saturated heterocycles. The zero-order valence-electron chi connectivity index (χ0n) is 11.8. The molecule has 2 aromatic rings. The van der Waals surface area contributed by atoms with E-state index < -0.39 is 10.0 Å². The van der Waals surface area contributed by atoms with Gasteiger partial charge in [0.05, 0.1) is 0 Å². The summed E-state index contributed by atoms with van der Waals surface area (Å²) in [6, 6.07) is 4.82. The largest absolute Gasteiger partial charge is 0.311 e. The smallest absolute Gasteiger partial charge is 0.251 e. The number of hydrogen-bond acceptors (Lipinski definition) is 5. The van der Waals surface area contributed by atoms with Crippen LogP contribution < -0.4 is 10.3 Å². The summed E-state index contributed by atoms with van der Waals surface area (Å²) in [7, 11) is -3.49. The molecule has 6 nitrogen and oxygen atoms in total. The van der Waals surface area contributed by atoms with Gasteiger partial charge in [0.15, 0.2) is 0 Å². The molecule has 8 heteroatoms. The molecular weight excluding hydrogens is 310 g/mol. The predicted molar refractivity (Wildman–Crippen MR) is 82.2 cm³/mol. The van der Waals surface area contributed by atoms with Gasteiger partial charge in [-0.05, 0) is 25.5 Å². The van der Waals surface area contributed by atoms with Crippen LogP contribution in [-0.2, 0) is 22.9 Å². The third-order valence-corrected chi connectivity index (χ3v) is 6.01. The van der Waals surface area contributed by atoms with Crippen LogP contribution in [0.1, 0.15) is 23.3 Å². The minimum absolute atomic E-state index is 0.189. The van der Waals surface area contributed by atoms with Crippen LogP contribution in [0.25, 0.3) is 0 Å². The number of nitrogens with zero attached hydrogens (tertiary/aromatic N) is 1. The van der Waals surface area contributed by atoms with E-state index in [-0.39, 0.29) is 12.1 Å². The van der Waals surface area contributed by atoms with E-state index in [2.05, 4.69) is 14.7 Å². The highest BCUT2D eigenvalue weighted by atomic mass is 32.2. The molecule has 0 radical (unpaired) electrons. The highest BCUT2D eigenvalue weighted by Gasteiger charge is 2.16. The Morgan fingerprint density at radius 3 is 2.76 bits per heavy atom. The summed E-state index contributed by atoms with van der Waals surface area (Å²) in [5, 5.41) is 0. The first kappa shape index (κ1) is 15.9. The monoisotopic (exact) mass is 327 g/mol. The summed E-state index contributed by atoms with van der Waals surface area (Å²) in [5.41, 5.74) is 0.383. The van der Waals surface area contributed by atoms with Gasteiger partial charge in [-0.1, -0.05) is 6.92 Å². The minimum atomic E-state index is -3.49. The number of aryl methyl sites for hydroxylation is 2. The Bertz CT molecular complexity index is 778. The summed E-state index contributed by atoms with van der Waals surface area (Å²) < 4.78 is 27.0. The second kappa shape index (κ2) is 6.50. The maximum atomic E-state index is 12.1. The van der Waals surface area contributed by atoms with Gasteiger partial charge in [0.2, 0.25) is 10.0 Å². The van der Waals surface area contributed by atoms with Crippen LogP contribution in [0.3, 0.4) is 0 Å². The number of rotatable bonds is 6. The molecule has 0 fully saturated rings. The second-order valence-electron chi connectivity index (χ2n) is 4.56. The Balaban J connectivity index is 2.00. The van der Waals surface area contributed by atoms with Crippen molar-refractivity contribution >= 4 is 21.4 Å². The molecule has 21 heavy (non-hydrogen) atoms. The van der Waals surface area contributed by atoms with Gasteiger partial charge in [-0.15, -0.1) is 11.3 Å². The molecule has 0 amide bonds. The molecule has 2 N–H and O–H groups in total. The van der Waals surface area contributed by atoms with Crippen molar-refractivity contribution in [1.29, 1.82) is 0 Å². The van der Waals surface area contributed by atoms with Crippen molar-refractivity contribution in [2.24, 2.45) is 0 Å². The summed E-state index contributed by atoms with van der Waals surface area (Å²) >= 11 is 1.27. The first-order chi connectivity index (χ1) is 9.90.